The fourth-order valence-electron chi connectivity index (χ4n) is 1.37. The molecule has 1 aromatic carbocycles. The Balaban J connectivity index is 2.45. The van der Waals surface area contributed by atoms with Gasteiger partial charge in [0.2, 0.25) is 0 Å². The summed E-state index contributed by atoms with van der Waals surface area (Å²) in [5.74, 6) is -1.34. The molecule has 3 amide bonds. The van der Waals surface area contributed by atoms with Gasteiger partial charge < -0.3 is 10.1 Å². The third-order valence-corrected chi connectivity index (χ3v) is 2.86. The lowest BCUT2D eigenvalue weighted by Crippen LogP contribution is -2.49. The number of amides is 3. The molecule has 7 heteroatoms. The number of rotatable bonds is 3. The van der Waals surface area contributed by atoms with Gasteiger partial charge in [0, 0.05) is 10.0 Å². The average Bonchev–Trinajstić information content (AvgIpc) is 2.34. The molecule has 0 heterocycles. The van der Waals surface area contributed by atoms with Crippen molar-refractivity contribution in [2.24, 2.45) is 0 Å². The molecule has 0 fully saturated rings. The number of esters is 1. The monoisotopic (exact) mass is 356 g/mol. The van der Waals surface area contributed by atoms with E-state index in [9.17, 15) is 14.4 Å². The van der Waals surface area contributed by atoms with Gasteiger partial charge in [0.15, 0.2) is 6.61 Å². The fraction of sp³-hybridized carbons (Fsp3) is 0.357. The molecule has 0 aliphatic rings. The van der Waals surface area contributed by atoms with E-state index < -0.39 is 30.1 Å². The molecule has 6 nitrogen and oxygen atoms in total. The number of urea groups is 1. The average molecular weight is 357 g/mol. The minimum absolute atomic E-state index is 0.310. The molecule has 0 spiro atoms. The second-order valence-electron chi connectivity index (χ2n) is 5.31. The van der Waals surface area contributed by atoms with Gasteiger partial charge >= 0.3 is 12.0 Å². The van der Waals surface area contributed by atoms with Gasteiger partial charge in [-0.05, 0) is 48.8 Å². The maximum atomic E-state index is 11.8. The molecule has 114 valence electrons. The Bertz CT molecular complexity index is 552. The highest BCUT2D eigenvalue weighted by Gasteiger charge is 2.17. The van der Waals surface area contributed by atoms with Gasteiger partial charge in [0.25, 0.3) is 5.91 Å². The molecule has 0 unspecified atom stereocenters. The topological polar surface area (TPSA) is 84.5 Å². The highest BCUT2D eigenvalue weighted by atomic mass is 79.9. The van der Waals surface area contributed by atoms with Crippen molar-refractivity contribution in [3.63, 3.8) is 0 Å². The van der Waals surface area contributed by atoms with E-state index in [2.05, 4.69) is 26.6 Å². The van der Waals surface area contributed by atoms with Crippen LogP contribution in [0.5, 0.6) is 0 Å². The van der Waals surface area contributed by atoms with E-state index in [1.54, 1.807) is 45.0 Å². The molecule has 0 bridgehead atoms. The maximum Gasteiger partial charge on any atom is 0.339 e. The fourth-order valence-corrected chi connectivity index (χ4v) is 1.82. The minimum atomic E-state index is -0.697. The molecule has 0 aliphatic carbocycles. The lowest BCUT2D eigenvalue weighted by Gasteiger charge is -2.20. The molecule has 0 aliphatic heterocycles. The Morgan fingerprint density at radius 3 is 2.38 bits per heavy atom. The summed E-state index contributed by atoms with van der Waals surface area (Å²) >= 11 is 3.21. The van der Waals surface area contributed by atoms with Gasteiger partial charge in [0.1, 0.15) is 0 Å². The van der Waals surface area contributed by atoms with E-state index in [4.69, 9.17) is 4.74 Å². The van der Waals surface area contributed by atoms with Crippen molar-refractivity contribution in [3.05, 3.63) is 34.3 Å². The predicted octanol–water partition coefficient (Wildman–Crippen LogP) is 2.23. The first-order chi connectivity index (χ1) is 9.69. The first-order valence-corrected chi connectivity index (χ1v) is 7.02. The summed E-state index contributed by atoms with van der Waals surface area (Å²) in [6, 6.07) is 6.05. The highest BCUT2D eigenvalue weighted by molar-refractivity contribution is 9.10. The molecule has 1 aromatic rings. The van der Waals surface area contributed by atoms with Crippen molar-refractivity contribution in [1.82, 2.24) is 10.6 Å². The lowest BCUT2D eigenvalue weighted by atomic mass is 10.1. The summed E-state index contributed by atoms with van der Waals surface area (Å²) in [6.45, 7) is 4.82. The number of imide groups is 1. The summed E-state index contributed by atoms with van der Waals surface area (Å²) in [4.78, 5) is 34.7. The number of nitrogens with one attached hydrogen (secondary N) is 2. The molecular formula is C14H17BrN2O4. The number of ether oxygens (including phenoxy) is 1. The Morgan fingerprint density at radius 1 is 1.19 bits per heavy atom. The normalized spacial score (nSPS) is 10.7. The molecule has 0 atom stereocenters. The van der Waals surface area contributed by atoms with E-state index in [-0.39, 0.29) is 0 Å². The second-order valence-corrected chi connectivity index (χ2v) is 6.16. The minimum Gasteiger partial charge on any atom is -0.452 e. The van der Waals surface area contributed by atoms with Crippen molar-refractivity contribution in [1.29, 1.82) is 0 Å². The third kappa shape index (κ3) is 6.40. The van der Waals surface area contributed by atoms with E-state index in [0.717, 1.165) is 0 Å². The van der Waals surface area contributed by atoms with Crippen molar-refractivity contribution < 1.29 is 19.1 Å². The zero-order valence-corrected chi connectivity index (χ0v) is 13.6. The summed E-state index contributed by atoms with van der Waals surface area (Å²) in [5, 5.41) is 4.64. The Hall–Kier alpha value is -1.89. The van der Waals surface area contributed by atoms with Crippen LogP contribution in [-0.4, -0.2) is 30.1 Å². The number of hydrogen-bond acceptors (Lipinski definition) is 4. The molecule has 0 saturated carbocycles. The van der Waals surface area contributed by atoms with Crippen LogP contribution in [0.25, 0.3) is 0 Å². The van der Waals surface area contributed by atoms with Crippen LogP contribution in [0.3, 0.4) is 0 Å². The summed E-state index contributed by atoms with van der Waals surface area (Å²) < 4.78 is 5.41. The van der Waals surface area contributed by atoms with Crippen LogP contribution in [0, 0.1) is 0 Å². The van der Waals surface area contributed by atoms with Gasteiger partial charge in [0.05, 0.1) is 5.56 Å². The molecule has 1 rings (SSSR count). The van der Waals surface area contributed by atoms with Crippen LogP contribution in [-0.2, 0) is 9.53 Å². The van der Waals surface area contributed by atoms with Gasteiger partial charge in [-0.15, -0.1) is 0 Å². The Kier molecular flexibility index (Phi) is 5.90. The number of carbonyl (C=O) groups excluding carboxylic acids is 3. The van der Waals surface area contributed by atoms with Crippen LogP contribution in [0.15, 0.2) is 28.7 Å². The number of benzene rings is 1. The molecular weight excluding hydrogens is 340 g/mol. The van der Waals surface area contributed by atoms with Crippen molar-refractivity contribution in [2.45, 2.75) is 26.3 Å². The molecule has 0 aromatic heterocycles. The Labute approximate surface area is 131 Å². The van der Waals surface area contributed by atoms with Crippen LogP contribution in [0.2, 0.25) is 0 Å². The lowest BCUT2D eigenvalue weighted by molar-refractivity contribution is -0.123. The zero-order valence-electron chi connectivity index (χ0n) is 12.0. The van der Waals surface area contributed by atoms with Gasteiger partial charge in [-0.25, -0.2) is 9.59 Å². The number of carbonyl (C=O) groups is 3. The van der Waals surface area contributed by atoms with E-state index in [0.29, 0.717) is 10.0 Å². The van der Waals surface area contributed by atoms with Gasteiger partial charge in [-0.3, -0.25) is 10.1 Å². The second kappa shape index (κ2) is 7.21. The molecule has 0 saturated heterocycles. The van der Waals surface area contributed by atoms with Gasteiger partial charge in [-0.1, -0.05) is 12.1 Å². The van der Waals surface area contributed by atoms with E-state index >= 15 is 0 Å². The van der Waals surface area contributed by atoms with Crippen LogP contribution in [0.4, 0.5) is 4.79 Å². The van der Waals surface area contributed by atoms with Crippen LogP contribution < -0.4 is 10.6 Å². The van der Waals surface area contributed by atoms with E-state index in [1.807, 2.05) is 0 Å². The largest absolute Gasteiger partial charge is 0.452 e. The highest BCUT2D eigenvalue weighted by Crippen LogP contribution is 2.16. The number of hydrogen-bond donors (Lipinski definition) is 2. The molecule has 0 radical (unpaired) electrons. The zero-order chi connectivity index (χ0) is 16.0. The number of halogens is 1. The van der Waals surface area contributed by atoms with Crippen molar-refractivity contribution >= 4 is 33.8 Å². The first kappa shape index (κ1) is 17.2. The standard InChI is InChI=1S/C14H17BrN2O4/c1-14(2,3)17-13(20)16-11(18)8-21-12(19)9-6-4-5-7-10(9)15/h4-7H,8H2,1-3H3,(H2,16,17,18,20). The SMILES string of the molecule is CC(C)(C)NC(=O)NC(=O)COC(=O)c1ccccc1Br. The van der Waals surface area contributed by atoms with Crippen molar-refractivity contribution in [2.75, 3.05) is 6.61 Å². The van der Waals surface area contributed by atoms with Crippen LogP contribution >= 0.6 is 15.9 Å². The van der Waals surface area contributed by atoms with Crippen LogP contribution in [0.1, 0.15) is 31.1 Å². The smallest absolute Gasteiger partial charge is 0.339 e. The maximum absolute atomic E-state index is 11.8. The third-order valence-electron chi connectivity index (χ3n) is 2.17. The Morgan fingerprint density at radius 2 is 1.81 bits per heavy atom. The summed E-state index contributed by atoms with van der Waals surface area (Å²) in [7, 11) is 0. The summed E-state index contributed by atoms with van der Waals surface area (Å²) in [5.41, 5.74) is -0.153. The molecule has 2 N–H and O–H groups in total. The predicted molar refractivity (Wildman–Crippen MR) is 80.9 cm³/mol. The van der Waals surface area contributed by atoms with E-state index in [1.165, 1.54) is 0 Å². The van der Waals surface area contributed by atoms with Gasteiger partial charge in [-0.2, -0.15) is 0 Å². The van der Waals surface area contributed by atoms with Crippen molar-refractivity contribution in [3.8, 4) is 0 Å². The quantitative estimate of drug-likeness (QED) is 0.813. The summed E-state index contributed by atoms with van der Waals surface area (Å²) in [6.07, 6.45) is 0. The molecule has 21 heavy (non-hydrogen) atoms. The first-order valence-electron chi connectivity index (χ1n) is 6.23.